The van der Waals surface area contributed by atoms with E-state index in [-0.39, 0.29) is 11.6 Å². The van der Waals surface area contributed by atoms with Crippen molar-refractivity contribution in [3.8, 4) is 0 Å². The molecule has 1 aliphatic rings. The number of hydrogen-bond acceptors (Lipinski definition) is 6. The Bertz CT molecular complexity index is 855. The molecule has 0 unspecified atom stereocenters. The number of benzene rings is 2. The molecule has 0 bridgehead atoms. The second kappa shape index (κ2) is 8.17. The van der Waals surface area contributed by atoms with Gasteiger partial charge in [-0.15, -0.1) is 5.10 Å². The van der Waals surface area contributed by atoms with Crippen molar-refractivity contribution in [2.24, 2.45) is 21.7 Å². The van der Waals surface area contributed by atoms with Crippen molar-refractivity contribution >= 4 is 29.2 Å². The fourth-order valence-electron chi connectivity index (χ4n) is 3.05. The first-order chi connectivity index (χ1) is 13.0. The number of nitrogens with two attached hydrogens (primary N) is 2. The molecule has 2 aromatic rings. The molecule has 2 aromatic carbocycles. The van der Waals surface area contributed by atoms with Gasteiger partial charge in [0.15, 0.2) is 0 Å². The number of para-hydroxylation sites is 1. The first kappa shape index (κ1) is 18.2. The average molecular weight is 367 g/mol. The fraction of sp³-hybridized carbons (Fsp3) is 0.222. The van der Waals surface area contributed by atoms with E-state index in [0.29, 0.717) is 5.56 Å². The maximum absolute atomic E-state index is 11.1. The van der Waals surface area contributed by atoms with Gasteiger partial charge in [0.25, 0.3) is 5.69 Å². The van der Waals surface area contributed by atoms with Crippen LogP contribution in [0.1, 0.15) is 5.56 Å². The van der Waals surface area contributed by atoms with Crippen LogP contribution in [0, 0.1) is 10.1 Å². The quantitative estimate of drug-likeness (QED) is 0.357. The molecule has 3 rings (SSSR count). The minimum absolute atomic E-state index is 0.00665. The lowest BCUT2D eigenvalue weighted by atomic mass is 10.1. The zero-order valence-corrected chi connectivity index (χ0v) is 14.7. The molecule has 27 heavy (non-hydrogen) atoms. The van der Waals surface area contributed by atoms with Crippen molar-refractivity contribution in [2.45, 2.75) is 0 Å². The van der Waals surface area contributed by atoms with E-state index in [4.69, 9.17) is 11.5 Å². The van der Waals surface area contributed by atoms with E-state index >= 15 is 0 Å². The highest BCUT2D eigenvalue weighted by Crippen LogP contribution is 2.26. The van der Waals surface area contributed by atoms with Crippen LogP contribution in [0.25, 0.3) is 0 Å². The van der Waals surface area contributed by atoms with Gasteiger partial charge in [0.1, 0.15) is 0 Å². The molecule has 0 radical (unpaired) electrons. The molecule has 1 heterocycles. The molecule has 9 nitrogen and oxygen atoms in total. The Hall–Kier alpha value is -3.62. The second-order valence-electron chi connectivity index (χ2n) is 6.08. The van der Waals surface area contributed by atoms with E-state index < -0.39 is 4.92 Å². The zero-order valence-electron chi connectivity index (χ0n) is 14.7. The molecule has 0 atom stereocenters. The van der Waals surface area contributed by atoms with Crippen LogP contribution in [0.2, 0.25) is 0 Å². The van der Waals surface area contributed by atoms with Crippen LogP contribution in [0.4, 0.5) is 17.1 Å². The number of nitrogens with zero attached hydrogens (tertiary/aromatic N) is 5. The van der Waals surface area contributed by atoms with Crippen LogP contribution >= 0.6 is 0 Å². The largest absolute Gasteiger partial charge is 0.369 e. The number of hydrogen-bond donors (Lipinski definition) is 2. The second-order valence-corrected chi connectivity index (χ2v) is 6.08. The summed E-state index contributed by atoms with van der Waals surface area (Å²) in [6, 6.07) is 14.9. The van der Waals surface area contributed by atoms with E-state index in [9.17, 15) is 10.1 Å². The Morgan fingerprint density at radius 2 is 1.70 bits per heavy atom. The zero-order chi connectivity index (χ0) is 19.2. The number of anilines is 2. The molecule has 0 spiro atoms. The topological polar surface area (TPSA) is 126 Å². The third kappa shape index (κ3) is 4.51. The van der Waals surface area contributed by atoms with Crippen LogP contribution in [-0.4, -0.2) is 43.3 Å². The van der Waals surface area contributed by atoms with Crippen molar-refractivity contribution in [3.63, 3.8) is 0 Å². The van der Waals surface area contributed by atoms with Gasteiger partial charge in [-0.1, -0.05) is 18.2 Å². The van der Waals surface area contributed by atoms with E-state index in [0.717, 1.165) is 31.9 Å². The minimum atomic E-state index is -0.435. The Morgan fingerprint density at radius 3 is 2.33 bits per heavy atom. The van der Waals surface area contributed by atoms with E-state index in [1.165, 1.54) is 24.0 Å². The van der Waals surface area contributed by atoms with E-state index in [2.05, 4.69) is 32.1 Å². The van der Waals surface area contributed by atoms with Gasteiger partial charge in [-0.25, -0.2) is 0 Å². The number of guanidine groups is 1. The summed E-state index contributed by atoms with van der Waals surface area (Å²) in [6.45, 7) is 3.28. The molecule has 1 fully saturated rings. The van der Waals surface area contributed by atoms with Crippen molar-refractivity contribution in [2.75, 3.05) is 36.0 Å². The lowest BCUT2D eigenvalue weighted by Gasteiger charge is -2.37. The third-order valence-electron chi connectivity index (χ3n) is 4.33. The smallest absolute Gasteiger partial charge is 0.270 e. The first-order valence-corrected chi connectivity index (χ1v) is 8.50. The van der Waals surface area contributed by atoms with Gasteiger partial charge in [0, 0.05) is 55.2 Å². The highest BCUT2D eigenvalue weighted by molar-refractivity contribution is 5.90. The van der Waals surface area contributed by atoms with Crippen molar-refractivity contribution < 1.29 is 4.92 Å². The lowest BCUT2D eigenvalue weighted by molar-refractivity contribution is -0.384. The maximum Gasteiger partial charge on any atom is 0.270 e. The van der Waals surface area contributed by atoms with Crippen molar-refractivity contribution in [1.82, 2.24) is 0 Å². The van der Waals surface area contributed by atoms with Crippen molar-refractivity contribution in [3.05, 3.63) is 64.2 Å². The predicted molar refractivity (Wildman–Crippen MR) is 107 cm³/mol. The number of piperazine rings is 1. The normalized spacial score (nSPS) is 14.4. The summed E-state index contributed by atoms with van der Waals surface area (Å²) in [5.41, 5.74) is 13.2. The Morgan fingerprint density at radius 1 is 1.04 bits per heavy atom. The van der Waals surface area contributed by atoms with Crippen LogP contribution in [0.5, 0.6) is 0 Å². The summed E-state index contributed by atoms with van der Waals surface area (Å²) in [5, 5.41) is 18.5. The minimum Gasteiger partial charge on any atom is -0.369 e. The van der Waals surface area contributed by atoms with Crippen LogP contribution in [-0.2, 0) is 0 Å². The predicted octanol–water partition coefficient (Wildman–Crippen LogP) is 1.53. The average Bonchev–Trinajstić information content (AvgIpc) is 2.68. The Kier molecular flexibility index (Phi) is 5.50. The molecule has 1 saturated heterocycles. The summed E-state index contributed by atoms with van der Waals surface area (Å²) in [6.07, 6.45) is 1.44. The van der Waals surface area contributed by atoms with Gasteiger partial charge >= 0.3 is 0 Å². The molecule has 140 valence electrons. The highest BCUT2D eigenvalue weighted by atomic mass is 16.6. The lowest BCUT2D eigenvalue weighted by Crippen LogP contribution is -2.46. The van der Waals surface area contributed by atoms with Gasteiger partial charge in [-0.2, -0.15) is 5.10 Å². The maximum atomic E-state index is 11.1. The third-order valence-corrected chi connectivity index (χ3v) is 4.33. The fourth-order valence-corrected chi connectivity index (χ4v) is 3.05. The summed E-state index contributed by atoms with van der Waals surface area (Å²) in [5.74, 6) is -0.172. The Labute approximate surface area is 156 Å². The summed E-state index contributed by atoms with van der Waals surface area (Å²) in [7, 11) is 0. The molecule has 0 saturated carbocycles. The number of nitro benzene ring substituents is 1. The molecular weight excluding hydrogens is 346 g/mol. The molecule has 0 aromatic heterocycles. The number of non-ortho nitro benzene ring substituents is 1. The monoisotopic (exact) mass is 367 g/mol. The van der Waals surface area contributed by atoms with Crippen LogP contribution < -0.4 is 21.3 Å². The van der Waals surface area contributed by atoms with Gasteiger partial charge in [-0.05, 0) is 18.2 Å². The van der Waals surface area contributed by atoms with Gasteiger partial charge in [-0.3, -0.25) is 10.1 Å². The molecule has 1 aliphatic heterocycles. The van der Waals surface area contributed by atoms with E-state index in [1.54, 1.807) is 6.07 Å². The summed E-state index contributed by atoms with van der Waals surface area (Å²) in [4.78, 5) is 15.2. The van der Waals surface area contributed by atoms with E-state index in [1.807, 2.05) is 18.2 Å². The molecule has 9 heteroatoms. The van der Waals surface area contributed by atoms with Gasteiger partial charge < -0.3 is 21.3 Å². The standard InChI is InChI=1S/C18H21N7O2/c19-18(20)22-21-13-14-12-16(25(26)27)6-7-17(14)24-10-8-23(9-11-24)15-4-2-1-3-5-15/h1-7,12-13H,8-11H2,(H4,19,20,22). The van der Waals surface area contributed by atoms with Gasteiger partial charge in [0.05, 0.1) is 11.1 Å². The molecular formula is C18H21N7O2. The number of nitro groups is 1. The first-order valence-electron chi connectivity index (χ1n) is 8.50. The molecule has 4 N–H and O–H groups in total. The van der Waals surface area contributed by atoms with Crippen molar-refractivity contribution in [1.29, 1.82) is 0 Å². The number of rotatable bonds is 5. The molecule has 0 amide bonds. The highest BCUT2D eigenvalue weighted by Gasteiger charge is 2.20. The molecule has 0 aliphatic carbocycles. The summed E-state index contributed by atoms with van der Waals surface area (Å²) >= 11 is 0. The Balaban J connectivity index is 1.80. The van der Waals surface area contributed by atoms with Crippen LogP contribution in [0.3, 0.4) is 0 Å². The SMILES string of the molecule is NC(N)=NN=Cc1cc([N+](=O)[O-])ccc1N1CCN(c2ccccc2)CC1. The van der Waals surface area contributed by atoms with Crippen LogP contribution in [0.15, 0.2) is 58.7 Å². The summed E-state index contributed by atoms with van der Waals surface area (Å²) < 4.78 is 0. The van der Waals surface area contributed by atoms with Gasteiger partial charge in [0.2, 0.25) is 5.96 Å².